The fraction of sp³-hybridized carbons (Fsp3) is 0.658. The minimum atomic E-state index is -0.474. The van der Waals surface area contributed by atoms with Crippen LogP contribution in [0.1, 0.15) is 118 Å². The van der Waals surface area contributed by atoms with Gasteiger partial charge in [0.15, 0.2) is 5.65 Å². The smallest absolute Gasteiger partial charge is 0.342 e. The largest absolute Gasteiger partial charge is 0.465 e. The minimum Gasteiger partial charge on any atom is -0.465 e. The summed E-state index contributed by atoms with van der Waals surface area (Å²) in [6, 6.07) is 7.35. The number of hydrogen-bond acceptors (Lipinski definition) is 5. The van der Waals surface area contributed by atoms with E-state index in [9.17, 15) is 9.59 Å². The fourth-order valence-corrected chi connectivity index (χ4v) is 7.21. The number of hydrogen-bond donors (Lipinski definition) is 1. The number of halogens is 1. The summed E-state index contributed by atoms with van der Waals surface area (Å²) in [7, 11) is 0. The second kappa shape index (κ2) is 14.5. The Balaban J connectivity index is 1.72. The monoisotopic (exact) mass is 653 g/mol. The molecular formula is C38H56ClN3O4. The number of ether oxygens (including phenoxy) is 2. The van der Waals surface area contributed by atoms with Crippen molar-refractivity contribution in [1.82, 2.24) is 14.4 Å². The topological polar surface area (TPSA) is 85.7 Å². The summed E-state index contributed by atoms with van der Waals surface area (Å²) in [5.41, 5.74) is 1.25. The summed E-state index contributed by atoms with van der Waals surface area (Å²) in [4.78, 5) is 35.3. The molecule has 3 unspecified atom stereocenters. The number of nitrogens with one attached hydrogen (secondary N) is 1. The number of fused-ring (bicyclic) bond motifs is 1. The Morgan fingerprint density at radius 2 is 1.61 bits per heavy atom. The van der Waals surface area contributed by atoms with E-state index in [4.69, 9.17) is 26.1 Å². The summed E-state index contributed by atoms with van der Waals surface area (Å²) >= 11 is 6.22. The average Bonchev–Trinajstić information content (AvgIpc) is 3.33. The summed E-state index contributed by atoms with van der Waals surface area (Å²) < 4.78 is 14.0. The average molecular weight is 654 g/mol. The second-order valence-corrected chi connectivity index (χ2v) is 16.9. The lowest BCUT2D eigenvalue weighted by molar-refractivity contribution is -0.0922. The van der Waals surface area contributed by atoms with Gasteiger partial charge < -0.3 is 9.47 Å². The molecule has 2 aromatic heterocycles. The molecule has 4 rings (SSSR count). The number of benzene rings is 1. The predicted molar refractivity (Wildman–Crippen MR) is 188 cm³/mol. The first kappa shape index (κ1) is 36.0. The third-order valence-electron chi connectivity index (χ3n) is 9.88. The van der Waals surface area contributed by atoms with Crippen molar-refractivity contribution in [3.63, 3.8) is 0 Å². The summed E-state index contributed by atoms with van der Waals surface area (Å²) in [6.45, 7) is 22.9. The van der Waals surface area contributed by atoms with Crippen LogP contribution in [0.25, 0.3) is 16.8 Å². The molecule has 0 aliphatic heterocycles. The highest BCUT2D eigenvalue weighted by Gasteiger charge is 2.48. The Labute approximate surface area is 280 Å². The molecule has 3 aromatic rings. The molecule has 1 aliphatic rings. The van der Waals surface area contributed by atoms with Gasteiger partial charge in [0.2, 0.25) is 0 Å². The molecule has 7 nitrogen and oxygen atoms in total. The van der Waals surface area contributed by atoms with Gasteiger partial charge in [-0.25, -0.2) is 9.59 Å². The van der Waals surface area contributed by atoms with E-state index >= 15 is 0 Å². The van der Waals surface area contributed by atoms with E-state index in [0.29, 0.717) is 34.9 Å². The molecular weight excluding hydrogens is 598 g/mol. The summed E-state index contributed by atoms with van der Waals surface area (Å²) in [6.07, 6.45) is 7.73. The Kier molecular flexibility index (Phi) is 11.4. The predicted octanol–water partition coefficient (Wildman–Crippen LogP) is 9.85. The molecule has 0 spiro atoms. The molecule has 254 valence electrons. The van der Waals surface area contributed by atoms with E-state index in [-0.39, 0.29) is 46.0 Å². The lowest BCUT2D eigenvalue weighted by Gasteiger charge is -2.50. The van der Waals surface area contributed by atoms with E-state index in [0.717, 1.165) is 31.2 Å². The fourth-order valence-electron chi connectivity index (χ4n) is 7.08. The molecule has 0 amide bonds. The Morgan fingerprint density at radius 3 is 2.17 bits per heavy atom. The van der Waals surface area contributed by atoms with Gasteiger partial charge >= 0.3 is 11.7 Å². The lowest BCUT2D eigenvalue weighted by Crippen LogP contribution is -2.49. The molecule has 8 heteroatoms. The number of carbonyl (C=O) groups excluding carboxylic acids is 1. The van der Waals surface area contributed by atoms with Gasteiger partial charge in [0.1, 0.15) is 11.7 Å². The third kappa shape index (κ3) is 8.76. The van der Waals surface area contributed by atoms with E-state index in [1.54, 1.807) is 18.3 Å². The molecule has 46 heavy (non-hydrogen) atoms. The van der Waals surface area contributed by atoms with Gasteiger partial charge in [0.05, 0.1) is 6.61 Å². The van der Waals surface area contributed by atoms with Crippen LogP contribution in [0.4, 0.5) is 0 Å². The quantitative estimate of drug-likeness (QED) is 0.208. The van der Waals surface area contributed by atoms with Crippen LogP contribution in [0, 0.1) is 40.4 Å². The van der Waals surface area contributed by atoms with Crippen molar-refractivity contribution in [1.29, 1.82) is 0 Å². The van der Waals surface area contributed by atoms with Crippen LogP contribution in [-0.2, 0) is 4.74 Å². The molecule has 1 aromatic carbocycles. The number of nitrogens with zero attached hydrogens (tertiary/aromatic N) is 2. The molecule has 1 fully saturated rings. The zero-order valence-electron chi connectivity index (χ0n) is 29.7. The van der Waals surface area contributed by atoms with Gasteiger partial charge in [0, 0.05) is 28.6 Å². The van der Waals surface area contributed by atoms with Gasteiger partial charge in [-0.15, -0.1) is 0 Å². The first-order valence-corrected chi connectivity index (χ1v) is 17.6. The highest BCUT2D eigenvalue weighted by molar-refractivity contribution is 6.30. The van der Waals surface area contributed by atoms with Crippen molar-refractivity contribution in [3.05, 3.63) is 51.5 Å². The van der Waals surface area contributed by atoms with Crippen LogP contribution < -0.4 is 10.4 Å². The molecule has 0 radical (unpaired) electrons. The van der Waals surface area contributed by atoms with Crippen molar-refractivity contribution in [2.24, 2.45) is 40.4 Å². The van der Waals surface area contributed by atoms with Crippen LogP contribution in [0.2, 0.25) is 5.02 Å². The molecule has 0 bridgehead atoms. The first-order chi connectivity index (χ1) is 21.5. The third-order valence-corrected chi connectivity index (χ3v) is 10.1. The normalized spacial score (nSPS) is 21.5. The van der Waals surface area contributed by atoms with E-state index in [2.05, 4.69) is 74.2 Å². The van der Waals surface area contributed by atoms with Crippen molar-refractivity contribution in [2.75, 3.05) is 6.61 Å². The standard InChI is InChI=1S/C38H56ClN3O4/c1-23(2)12-11-13-24(3)18-19-45-35-40-33-31(28(22-42(33)36(44)41-35)26-14-16-27(39)17-15-26)34(43)46-32-29(37(5,6)7)20-25(4)21-30(32)38(8,9)10/h14-17,22-25,29-30,32H,11-13,18-21H2,1-10H3,(H,40,41,44). The van der Waals surface area contributed by atoms with E-state index in [1.165, 1.54) is 17.2 Å². The molecule has 1 saturated carbocycles. The second-order valence-electron chi connectivity index (χ2n) is 16.4. The molecule has 3 atom stereocenters. The maximum absolute atomic E-state index is 14.5. The van der Waals surface area contributed by atoms with Crippen LogP contribution in [-0.4, -0.2) is 33.0 Å². The Morgan fingerprint density at radius 1 is 1.00 bits per heavy atom. The number of carbonyl (C=O) groups is 1. The molecule has 2 heterocycles. The number of rotatable bonds is 11. The molecule has 1 N–H and O–H groups in total. The summed E-state index contributed by atoms with van der Waals surface area (Å²) in [5.74, 6) is 1.60. The zero-order valence-corrected chi connectivity index (χ0v) is 30.5. The van der Waals surface area contributed by atoms with Crippen LogP contribution in [0.3, 0.4) is 0 Å². The van der Waals surface area contributed by atoms with Gasteiger partial charge in [-0.05, 0) is 65.5 Å². The SMILES string of the molecule is CC(C)CCCC(C)CCOc1nc2c(C(=O)OC3C(C(C)(C)C)CC(C)CC3C(C)(C)C)c(-c3ccc(Cl)cc3)cn2c(=O)[nH]1. The van der Waals surface area contributed by atoms with Crippen LogP contribution >= 0.6 is 11.6 Å². The highest BCUT2D eigenvalue weighted by atomic mass is 35.5. The van der Waals surface area contributed by atoms with E-state index in [1.807, 2.05) is 12.1 Å². The lowest BCUT2D eigenvalue weighted by atomic mass is 9.59. The van der Waals surface area contributed by atoms with Crippen molar-refractivity contribution in [2.45, 2.75) is 114 Å². The van der Waals surface area contributed by atoms with Gasteiger partial charge in [-0.2, -0.15) is 4.98 Å². The maximum Gasteiger partial charge on any atom is 0.342 e. The summed E-state index contributed by atoms with van der Waals surface area (Å²) in [5, 5.41) is 0.582. The zero-order chi connectivity index (χ0) is 34.0. The van der Waals surface area contributed by atoms with Crippen LogP contribution in [0.15, 0.2) is 35.3 Å². The molecule has 0 saturated heterocycles. The van der Waals surface area contributed by atoms with E-state index < -0.39 is 11.7 Å². The maximum atomic E-state index is 14.5. The number of aromatic nitrogens is 3. The van der Waals surface area contributed by atoms with Gasteiger partial charge in [0.25, 0.3) is 6.01 Å². The number of H-pyrrole nitrogens is 1. The first-order valence-electron chi connectivity index (χ1n) is 17.2. The van der Waals surface area contributed by atoms with Crippen molar-refractivity contribution >= 4 is 23.2 Å². The van der Waals surface area contributed by atoms with Crippen molar-refractivity contribution in [3.8, 4) is 17.1 Å². The van der Waals surface area contributed by atoms with Crippen molar-refractivity contribution < 1.29 is 14.3 Å². The number of esters is 1. The van der Waals surface area contributed by atoms with Gasteiger partial charge in [-0.1, -0.05) is 112 Å². The van der Waals surface area contributed by atoms with Crippen LogP contribution in [0.5, 0.6) is 6.01 Å². The Bertz CT molecular complexity index is 1500. The number of aromatic amines is 1. The van der Waals surface area contributed by atoms with Gasteiger partial charge in [-0.3, -0.25) is 9.38 Å². The highest BCUT2D eigenvalue weighted by Crippen LogP contribution is 2.50. The minimum absolute atomic E-state index is 0.0622. The Hall–Kier alpha value is -2.80. The molecule has 1 aliphatic carbocycles.